The molecule has 4 saturated carbocycles. The van der Waals surface area contributed by atoms with Gasteiger partial charge in [-0.15, -0.1) is 21.5 Å². The first-order valence-corrected chi connectivity index (χ1v) is 15.2. The molecule has 5 aliphatic carbocycles. The Labute approximate surface area is 216 Å². The van der Waals surface area contributed by atoms with Crippen LogP contribution in [-0.4, -0.2) is 26.4 Å². The van der Waals surface area contributed by atoms with Crippen LogP contribution in [0.15, 0.2) is 5.16 Å². The summed E-state index contributed by atoms with van der Waals surface area (Å²) >= 11 is 3.04. The highest BCUT2D eigenvalue weighted by Crippen LogP contribution is 2.61. The van der Waals surface area contributed by atoms with Crippen molar-refractivity contribution in [3.05, 3.63) is 21.8 Å². The second-order valence-electron chi connectivity index (χ2n) is 11.6. The second kappa shape index (κ2) is 9.55. The van der Waals surface area contributed by atoms with Gasteiger partial charge in [-0.2, -0.15) is 5.26 Å². The molecule has 1 amide bonds. The fraction of sp³-hybridized carbons (Fsp3) is 0.704. The number of rotatable bonds is 6. The molecule has 7 rings (SSSR count). The number of nitrogens with zero attached hydrogens (tertiary/aromatic N) is 4. The van der Waals surface area contributed by atoms with E-state index in [9.17, 15) is 10.1 Å². The summed E-state index contributed by atoms with van der Waals surface area (Å²) in [5.74, 6) is 4.06. The molecule has 8 heteroatoms. The Morgan fingerprint density at radius 1 is 1.11 bits per heavy atom. The lowest BCUT2D eigenvalue weighted by Crippen LogP contribution is -2.47. The summed E-state index contributed by atoms with van der Waals surface area (Å²) in [5.41, 5.74) is 2.28. The number of nitrogens with one attached hydrogen (secondary N) is 1. The number of thioether (sulfide) groups is 1. The van der Waals surface area contributed by atoms with E-state index in [0.29, 0.717) is 11.0 Å². The minimum Gasteiger partial charge on any atom is -0.316 e. The number of aromatic nitrogens is 3. The van der Waals surface area contributed by atoms with Crippen LogP contribution in [0.1, 0.15) is 86.0 Å². The Morgan fingerprint density at radius 3 is 2.49 bits per heavy atom. The predicted octanol–water partition coefficient (Wildman–Crippen LogP) is 5.90. The Balaban J connectivity index is 1.09. The Morgan fingerprint density at radius 2 is 1.80 bits per heavy atom. The number of carbonyl (C=O) groups is 1. The number of thiophene rings is 1. The van der Waals surface area contributed by atoms with E-state index in [1.165, 1.54) is 80.0 Å². The molecule has 0 saturated heterocycles. The van der Waals surface area contributed by atoms with E-state index in [4.69, 9.17) is 0 Å². The maximum Gasteiger partial charge on any atom is 0.235 e. The SMILES string of the molecule is Cn1c(CC23CC4CC(CC(C4)C2)C3)nnc1SCC(=O)Nc1sc2c(c1C#N)CCCCCC2. The van der Waals surface area contributed by atoms with Crippen LogP contribution in [0.25, 0.3) is 0 Å². The Kier molecular flexibility index (Phi) is 6.42. The van der Waals surface area contributed by atoms with Crippen LogP contribution in [0.4, 0.5) is 5.00 Å². The zero-order valence-electron chi connectivity index (χ0n) is 20.6. The van der Waals surface area contributed by atoms with Crippen LogP contribution in [-0.2, 0) is 31.1 Å². The molecular weight excluding hydrogens is 474 g/mol. The van der Waals surface area contributed by atoms with Crippen LogP contribution >= 0.6 is 23.1 Å². The normalized spacial score (nSPS) is 29.3. The molecule has 186 valence electrons. The molecule has 2 aromatic rings. The lowest BCUT2D eigenvalue weighted by atomic mass is 9.49. The first-order valence-electron chi connectivity index (χ1n) is 13.4. The third-order valence-electron chi connectivity index (χ3n) is 8.99. The van der Waals surface area contributed by atoms with Gasteiger partial charge in [-0.05, 0) is 92.9 Å². The van der Waals surface area contributed by atoms with Gasteiger partial charge >= 0.3 is 0 Å². The van der Waals surface area contributed by atoms with Gasteiger partial charge in [-0.1, -0.05) is 24.6 Å². The summed E-state index contributed by atoms with van der Waals surface area (Å²) in [6.45, 7) is 0. The highest BCUT2D eigenvalue weighted by atomic mass is 32.2. The van der Waals surface area contributed by atoms with E-state index < -0.39 is 0 Å². The van der Waals surface area contributed by atoms with Crippen molar-refractivity contribution in [1.82, 2.24) is 14.8 Å². The molecule has 0 aromatic carbocycles. The highest BCUT2D eigenvalue weighted by molar-refractivity contribution is 7.99. The second-order valence-corrected chi connectivity index (χ2v) is 13.7. The fourth-order valence-corrected chi connectivity index (χ4v) is 9.87. The van der Waals surface area contributed by atoms with Crippen molar-refractivity contribution < 1.29 is 4.79 Å². The van der Waals surface area contributed by atoms with Gasteiger partial charge in [0.1, 0.15) is 16.9 Å². The zero-order chi connectivity index (χ0) is 24.0. The Bertz CT molecular complexity index is 1120. The largest absolute Gasteiger partial charge is 0.316 e. The van der Waals surface area contributed by atoms with Crippen molar-refractivity contribution in [1.29, 1.82) is 5.26 Å². The summed E-state index contributed by atoms with van der Waals surface area (Å²) in [5, 5.41) is 23.4. The third-order valence-corrected chi connectivity index (χ3v) is 11.2. The number of hydrogen-bond acceptors (Lipinski definition) is 6. The standard InChI is InChI=1S/C27H35N5OS2/c1-32-23(14-27-11-17-8-18(12-27)10-19(9-17)13-27)30-31-26(32)34-16-24(33)29-25-21(15-28)20-6-4-2-3-5-7-22(20)35-25/h17-19H,2-14,16H2,1H3,(H,29,33). The van der Waals surface area contributed by atoms with Gasteiger partial charge in [-0.25, -0.2) is 0 Å². The average Bonchev–Trinajstić information content (AvgIpc) is 3.29. The lowest BCUT2D eigenvalue weighted by Gasteiger charge is -2.56. The van der Waals surface area contributed by atoms with Gasteiger partial charge in [-0.3, -0.25) is 4.79 Å². The quantitative estimate of drug-likeness (QED) is 0.490. The maximum absolute atomic E-state index is 12.8. The average molecular weight is 510 g/mol. The molecule has 0 radical (unpaired) electrons. The molecule has 0 aliphatic heterocycles. The molecule has 0 atom stereocenters. The molecule has 2 heterocycles. The van der Waals surface area contributed by atoms with Crippen LogP contribution < -0.4 is 5.32 Å². The number of fused-ring (bicyclic) bond motifs is 1. The fourth-order valence-electron chi connectivity index (χ4n) is 7.89. The summed E-state index contributed by atoms with van der Waals surface area (Å²) < 4.78 is 2.11. The van der Waals surface area contributed by atoms with E-state index >= 15 is 0 Å². The van der Waals surface area contributed by atoms with Gasteiger partial charge in [0.15, 0.2) is 5.16 Å². The molecule has 1 N–H and O–H groups in total. The molecule has 5 aliphatic rings. The number of nitriles is 1. The minimum absolute atomic E-state index is 0.0774. The third kappa shape index (κ3) is 4.67. The van der Waals surface area contributed by atoms with Crippen LogP contribution in [0.5, 0.6) is 0 Å². The summed E-state index contributed by atoms with van der Waals surface area (Å²) in [7, 11) is 2.04. The van der Waals surface area contributed by atoms with Gasteiger partial charge in [0.2, 0.25) is 5.91 Å². The van der Waals surface area contributed by atoms with E-state index in [1.54, 1.807) is 11.3 Å². The van der Waals surface area contributed by atoms with Crippen LogP contribution in [0.3, 0.4) is 0 Å². The molecule has 2 aromatic heterocycles. The first kappa shape index (κ1) is 23.5. The van der Waals surface area contributed by atoms with E-state index in [-0.39, 0.29) is 11.7 Å². The monoisotopic (exact) mass is 509 g/mol. The van der Waals surface area contributed by atoms with Gasteiger partial charge < -0.3 is 9.88 Å². The molecule has 0 spiro atoms. The summed E-state index contributed by atoms with van der Waals surface area (Å²) in [6, 6.07) is 2.37. The number of carbonyl (C=O) groups excluding carboxylic acids is 1. The molecule has 0 unspecified atom stereocenters. The molecule has 4 fully saturated rings. The van der Waals surface area contributed by atoms with Crippen molar-refractivity contribution in [2.45, 2.75) is 88.6 Å². The number of amides is 1. The summed E-state index contributed by atoms with van der Waals surface area (Å²) in [6.07, 6.45) is 16.2. The molecular formula is C27H35N5OS2. The predicted molar refractivity (Wildman–Crippen MR) is 140 cm³/mol. The highest BCUT2D eigenvalue weighted by Gasteiger charge is 2.51. The van der Waals surface area contributed by atoms with Crippen molar-refractivity contribution in [3.8, 4) is 6.07 Å². The van der Waals surface area contributed by atoms with Crippen molar-refractivity contribution in [3.63, 3.8) is 0 Å². The maximum atomic E-state index is 12.8. The number of hydrogen-bond donors (Lipinski definition) is 1. The smallest absolute Gasteiger partial charge is 0.235 e. The van der Waals surface area contributed by atoms with Crippen LogP contribution in [0.2, 0.25) is 0 Å². The van der Waals surface area contributed by atoms with Gasteiger partial charge in [0.05, 0.1) is 11.3 Å². The molecule has 6 nitrogen and oxygen atoms in total. The molecule has 4 bridgehead atoms. The topological polar surface area (TPSA) is 83.6 Å². The van der Waals surface area contributed by atoms with Gasteiger partial charge in [0.25, 0.3) is 0 Å². The Hall–Kier alpha value is -1.85. The van der Waals surface area contributed by atoms with Crippen molar-refractivity contribution in [2.75, 3.05) is 11.1 Å². The minimum atomic E-state index is -0.0774. The van der Waals surface area contributed by atoms with Crippen molar-refractivity contribution >= 4 is 34.0 Å². The van der Waals surface area contributed by atoms with E-state index in [1.807, 2.05) is 7.05 Å². The summed E-state index contributed by atoms with van der Waals surface area (Å²) in [4.78, 5) is 14.1. The lowest BCUT2D eigenvalue weighted by molar-refractivity contribution is -0.113. The first-order chi connectivity index (χ1) is 17.0. The zero-order valence-corrected chi connectivity index (χ0v) is 22.3. The number of anilines is 1. The number of aryl methyl sites for hydroxylation is 1. The van der Waals surface area contributed by atoms with Gasteiger partial charge in [0, 0.05) is 18.3 Å². The van der Waals surface area contributed by atoms with E-state index in [0.717, 1.165) is 59.4 Å². The van der Waals surface area contributed by atoms with Crippen molar-refractivity contribution in [2.24, 2.45) is 30.2 Å². The molecule has 35 heavy (non-hydrogen) atoms. The van der Waals surface area contributed by atoms with Crippen LogP contribution in [0, 0.1) is 34.5 Å². The van der Waals surface area contributed by atoms with E-state index in [2.05, 4.69) is 26.2 Å².